The lowest BCUT2D eigenvalue weighted by Gasteiger charge is -2.28. The molecule has 0 aromatic carbocycles. The monoisotopic (exact) mass is 1820 g/mol. The molecule has 0 aliphatic carbocycles. The van der Waals surface area contributed by atoms with Crippen LogP contribution in [0.3, 0.4) is 0 Å². The van der Waals surface area contributed by atoms with Crippen LogP contribution in [0.1, 0.15) is 587 Å². The molecule has 0 spiro atoms. The van der Waals surface area contributed by atoms with E-state index >= 15 is 0 Å². The van der Waals surface area contributed by atoms with E-state index < -0.39 is 96.6 Å². The van der Waals surface area contributed by atoms with Gasteiger partial charge in [-0.3, -0.25) is 28.8 Å². The maximum atomic E-state index is 11.7. The molecule has 2 bridgehead atoms. The third-order valence-electron chi connectivity index (χ3n) is 25.3. The van der Waals surface area contributed by atoms with Gasteiger partial charge in [-0.05, 0) is 39.0 Å². The second kappa shape index (κ2) is 101. The van der Waals surface area contributed by atoms with E-state index in [1.54, 1.807) is 0 Å². The number of fused-ring (bicyclic) bond motifs is 1. The van der Waals surface area contributed by atoms with Crippen molar-refractivity contribution in [3.63, 3.8) is 0 Å². The minimum Gasteiger partial charge on any atom is -0.550 e. The summed E-state index contributed by atoms with van der Waals surface area (Å²) in [7, 11) is 0. The summed E-state index contributed by atoms with van der Waals surface area (Å²) < 4.78 is 20.2. The highest BCUT2D eigenvalue weighted by Crippen LogP contribution is 2.51. The maximum Gasteiger partial charge on any atom is 0.344 e. The minimum absolute atomic E-state index is 0.116. The smallest absolute Gasteiger partial charge is 0.344 e. The summed E-state index contributed by atoms with van der Waals surface area (Å²) in [4.78, 5) is 97.6. The van der Waals surface area contributed by atoms with Crippen LogP contribution in [0.4, 0.5) is 0 Å². The highest BCUT2D eigenvalue weighted by Gasteiger charge is 2.70. The topological polar surface area (TPSA) is 315 Å². The quantitative estimate of drug-likeness (QED) is 0.0163. The zero-order chi connectivity index (χ0) is 94.9. The number of carbonyl (C=O) groups excluding carboxylic acids is 4. The molecule has 754 valence electrons. The first-order chi connectivity index (χ1) is 62.2. The van der Waals surface area contributed by atoms with Gasteiger partial charge >= 0.3 is 47.8 Å². The summed E-state index contributed by atoms with van der Waals surface area (Å²) >= 11 is 0. The predicted octanol–water partition coefficient (Wildman–Crippen LogP) is 31.3. The molecule has 5 N–H and O–H groups in total. The van der Waals surface area contributed by atoms with Crippen LogP contribution in [0.2, 0.25) is 0 Å². The number of hydrogen-bond donors (Lipinski definition) is 5. The number of unbranched alkanes of at least 4 members (excludes halogenated alkanes) is 75. The van der Waals surface area contributed by atoms with Crippen molar-refractivity contribution in [1.82, 2.24) is 0 Å². The normalized spacial score (nSPS) is 15.5. The lowest BCUT2D eigenvalue weighted by molar-refractivity contribution is -0.314. The molecule has 3 heterocycles. The highest BCUT2D eigenvalue weighted by atomic mass is 16.7. The average molecular weight is 1820 g/mol. The Labute approximate surface area is 784 Å². The van der Waals surface area contributed by atoms with E-state index in [0.717, 1.165) is 64.2 Å². The molecule has 19 nitrogen and oxygen atoms in total. The van der Waals surface area contributed by atoms with Crippen LogP contribution < -0.4 is 5.11 Å². The van der Waals surface area contributed by atoms with Crippen molar-refractivity contribution in [2.45, 2.75) is 612 Å². The van der Waals surface area contributed by atoms with Crippen molar-refractivity contribution in [3.8, 4) is 0 Å². The number of carbonyl (C=O) groups is 9. The number of ether oxygens (including phenoxy) is 4. The van der Waals surface area contributed by atoms with Crippen LogP contribution in [0.25, 0.3) is 0 Å². The van der Waals surface area contributed by atoms with Gasteiger partial charge in [0.2, 0.25) is 0 Å². The van der Waals surface area contributed by atoms with Crippen molar-refractivity contribution < 1.29 is 92.7 Å². The van der Waals surface area contributed by atoms with E-state index in [1.807, 2.05) is 0 Å². The Morgan fingerprint density at radius 3 is 0.609 bits per heavy atom. The van der Waals surface area contributed by atoms with E-state index in [0.29, 0.717) is 32.1 Å². The number of hydrogen-bond acceptors (Lipinski definition) is 14. The highest BCUT2D eigenvalue weighted by molar-refractivity contribution is 5.89. The second-order valence-electron chi connectivity index (χ2n) is 37.9. The Morgan fingerprint density at radius 1 is 0.281 bits per heavy atom. The van der Waals surface area contributed by atoms with Gasteiger partial charge in [-0.2, -0.15) is 0 Å². The fourth-order valence-electron chi connectivity index (χ4n) is 17.3. The fraction of sp³-hybridized carbons (Fsp3) is 0.899. The van der Waals surface area contributed by atoms with E-state index in [-0.39, 0.29) is 5.57 Å². The van der Waals surface area contributed by atoms with Gasteiger partial charge < -0.3 is 54.4 Å². The molecular weight excluding hydrogens is 1610 g/mol. The number of rotatable bonds is 90. The van der Waals surface area contributed by atoms with Crippen LogP contribution in [-0.4, -0.2) is 110 Å². The van der Waals surface area contributed by atoms with Gasteiger partial charge in [-0.25, -0.2) is 9.59 Å². The molecule has 3 rings (SSSR count). The molecule has 0 aromatic rings. The maximum absolute atomic E-state index is 11.7. The molecule has 0 saturated carbocycles. The van der Waals surface area contributed by atoms with E-state index in [2.05, 4.69) is 45.9 Å². The Hall–Kier alpha value is -5.07. The third-order valence-corrected chi connectivity index (χ3v) is 25.3. The van der Waals surface area contributed by atoms with Gasteiger partial charge in [0.15, 0.2) is 18.8 Å². The first kappa shape index (κ1) is 127. The van der Waals surface area contributed by atoms with Crippen LogP contribution >= 0.6 is 0 Å². The Balaban J connectivity index is -0.00000147. The molecule has 0 aromatic heterocycles. The number of carboxylic acids is 6. The second-order valence-corrected chi connectivity index (χ2v) is 37.9. The van der Waals surface area contributed by atoms with Crippen molar-refractivity contribution >= 4 is 53.7 Å². The molecule has 3 aliphatic rings. The fourth-order valence-corrected chi connectivity index (χ4v) is 17.3. The van der Waals surface area contributed by atoms with E-state index in [4.69, 9.17) is 39.7 Å². The third kappa shape index (κ3) is 91.4. The molecule has 6 atom stereocenters. The molecule has 3 fully saturated rings. The van der Waals surface area contributed by atoms with Crippen LogP contribution in [-0.2, 0) is 62.1 Å². The van der Waals surface area contributed by atoms with Crippen molar-refractivity contribution in [1.29, 1.82) is 0 Å². The lowest BCUT2D eigenvalue weighted by atomic mass is 9.78. The Bertz CT molecular complexity index is 2520. The molecule has 3 saturated heterocycles. The molecular formula is C109H203O19-. The van der Waals surface area contributed by atoms with Crippen LogP contribution in [0, 0.1) is 11.8 Å². The molecule has 128 heavy (non-hydrogen) atoms. The molecule has 6 unspecified atom stereocenters. The molecule has 19 heteroatoms. The SMILES string of the molecule is C=C(C)C(=O)OCC(=O)OC1C2OC(=O)C3C2OC1C3C(=O)[O-].CCCCCCCCCCCCCCCCC(=O)O.CCCCCCCCCCCCCCCCCC(=O)O.CCCCCCCCCCCCCCCCCCC(=O)O.CCCCCCCCCCCCCCCCCCCC(=O)O.CCCCCCCCCCCCCCCCCCCCC(=O)O. The first-order valence-corrected chi connectivity index (χ1v) is 54.3. The number of carboxylic acid groups (broad SMARTS) is 6. The van der Waals surface area contributed by atoms with Gasteiger partial charge in [0.1, 0.15) is 12.2 Å². The van der Waals surface area contributed by atoms with Gasteiger partial charge in [0.25, 0.3) is 0 Å². The first-order valence-electron chi connectivity index (χ1n) is 54.3. The standard InChI is InChI=1S/C21H42O2.C20H40O2.C19H38O2.C18H36O2.C17H34O2.C14H14O9/c1-2-3-4-5-6-7-8-9-10-11-12-13-14-15-16-17-18-19-20-21(22)23;1-2-3-4-5-6-7-8-9-10-11-12-13-14-15-16-17-18-19-20(21)22;1-2-3-4-5-6-7-8-9-10-11-12-13-14-15-16-17-18-19(20)21;1-2-3-4-5-6-7-8-9-10-11-12-13-14-15-16-17-18(19)20;1-2-3-4-5-6-7-8-9-10-11-12-13-14-15-16-17(18)19;1-4(2)13(18)20-3-5(15)21-10-8-6(12(16)17)7-9(22-8)11(10)23-14(7)19/h2-20H2,1H3,(H,22,23);2-19H2,1H3,(H,21,22);2-18H2,1H3,(H,20,21);2-17H2,1H3,(H,19,20);2-16H2,1H3,(H,18,19);6-11H,1,3H2,2H3,(H,16,17)/p-1. The van der Waals surface area contributed by atoms with Crippen molar-refractivity contribution in [2.24, 2.45) is 11.8 Å². The molecule has 0 radical (unpaired) electrons. The summed E-state index contributed by atoms with van der Waals surface area (Å²) in [6.07, 6.45) is 105. The lowest BCUT2D eigenvalue weighted by Crippen LogP contribution is -2.51. The van der Waals surface area contributed by atoms with Gasteiger partial charge in [0.05, 0.1) is 5.92 Å². The zero-order valence-electron chi connectivity index (χ0n) is 83.9. The largest absolute Gasteiger partial charge is 0.550 e. The van der Waals surface area contributed by atoms with Gasteiger partial charge in [-0.1, -0.05) is 523 Å². The Morgan fingerprint density at radius 2 is 0.453 bits per heavy atom. The summed E-state index contributed by atoms with van der Waals surface area (Å²) in [6.45, 7) is 15.5. The van der Waals surface area contributed by atoms with Crippen molar-refractivity contribution in [2.75, 3.05) is 6.61 Å². The summed E-state index contributed by atoms with van der Waals surface area (Å²) in [5.74, 6) is -9.27. The van der Waals surface area contributed by atoms with Crippen molar-refractivity contribution in [3.05, 3.63) is 12.2 Å². The summed E-state index contributed by atoms with van der Waals surface area (Å²) in [5.41, 5.74) is 0.116. The summed E-state index contributed by atoms with van der Waals surface area (Å²) in [6, 6.07) is 0. The van der Waals surface area contributed by atoms with E-state index in [1.165, 1.54) is 456 Å². The zero-order valence-corrected chi connectivity index (χ0v) is 83.9. The number of esters is 3. The van der Waals surface area contributed by atoms with E-state index in [9.17, 15) is 48.3 Å². The molecule has 0 amide bonds. The summed E-state index contributed by atoms with van der Waals surface area (Å²) in [5, 5.41) is 53.9. The number of aliphatic carboxylic acids is 6. The van der Waals surface area contributed by atoms with Gasteiger partial charge in [-0.15, -0.1) is 0 Å². The molecule has 3 aliphatic heterocycles. The van der Waals surface area contributed by atoms with Gasteiger partial charge in [0, 0.05) is 49.6 Å². The minimum atomic E-state index is -1.46. The van der Waals surface area contributed by atoms with Crippen LogP contribution in [0.15, 0.2) is 12.2 Å². The van der Waals surface area contributed by atoms with Crippen LogP contribution in [0.5, 0.6) is 0 Å². The Kier molecular flexibility index (Phi) is 100. The predicted molar refractivity (Wildman–Crippen MR) is 525 cm³/mol. The average Bonchev–Trinajstić information content (AvgIpc) is 1.55.